The average molecular weight is 286 g/mol. The van der Waals surface area contributed by atoms with Crippen LogP contribution in [-0.4, -0.2) is 36.0 Å². The molecule has 8 heteroatoms. The zero-order chi connectivity index (χ0) is 14.4. The molecule has 0 spiro atoms. The molecule has 0 aliphatic heterocycles. The largest absolute Gasteiger partial charge is 0.480 e. The predicted molar refractivity (Wildman–Crippen MR) is 68.8 cm³/mol. The van der Waals surface area contributed by atoms with Gasteiger partial charge in [-0.3, -0.25) is 14.4 Å². The Labute approximate surface area is 113 Å². The summed E-state index contributed by atoms with van der Waals surface area (Å²) in [6.45, 7) is -0.823. The molecule has 7 nitrogen and oxygen atoms in total. The van der Waals surface area contributed by atoms with Gasteiger partial charge in [-0.25, -0.2) is 0 Å². The molecule has 1 aromatic carbocycles. The van der Waals surface area contributed by atoms with Gasteiger partial charge in [0.05, 0.1) is 17.3 Å². The number of rotatable bonds is 5. The molecule has 0 saturated heterocycles. The van der Waals surface area contributed by atoms with E-state index >= 15 is 0 Å². The summed E-state index contributed by atoms with van der Waals surface area (Å²) in [4.78, 5) is 33.0. The molecule has 0 unspecified atom stereocenters. The number of carboxylic acid groups (broad SMARTS) is 1. The number of halogens is 1. The molecule has 0 aliphatic rings. The SMILES string of the molecule is Nc1ccc(C(=O)NCC(=O)NCC(=O)O)cc1Cl. The predicted octanol–water partition coefficient (Wildman–Crippen LogP) is -0.147. The minimum Gasteiger partial charge on any atom is -0.480 e. The van der Waals surface area contributed by atoms with Crippen LogP contribution in [0.15, 0.2) is 18.2 Å². The Bertz CT molecular complexity index is 519. The van der Waals surface area contributed by atoms with E-state index in [4.69, 9.17) is 22.4 Å². The van der Waals surface area contributed by atoms with E-state index in [1.54, 1.807) is 0 Å². The van der Waals surface area contributed by atoms with E-state index in [9.17, 15) is 14.4 Å². The van der Waals surface area contributed by atoms with Crippen molar-refractivity contribution in [2.24, 2.45) is 0 Å². The summed E-state index contributed by atoms with van der Waals surface area (Å²) in [6, 6.07) is 4.31. The minimum atomic E-state index is -1.16. The van der Waals surface area contributed by atoms with E-state index in [0.29, 0.717) is 5.69 Å². The molecule has 0 saturated carbocycles. The Morgan fingerprint density at radius 2 is 1.89 bits per heavy atom. The quantitative estimate of drug-likeness (QED) is 0.561. The van der Waals surface area contributed by atoms with Crippen molar-refractivity contribution >= 4 is 35.1 Å². The van der Waals surface area contributed by atoms with Crippen LogP contribution in [-0.2, 0) is 9.59 Å². The normalized spacial score (nSPS) is 9.74. The van der Waals surface area contributed by atoms with Gasteiger partial charge < -0.3 is 21.5 Å². The number of anilines is 1. The molecule has 0 aromatic heterocycles. The molecule has 0 radical (unpaired) electrons. The van der Waals surface area contributed by atoms with Crippen LogP contribution < -0.4 is 16.4 Å². The van der Waals surface area contributed by atoms with Crippen LogP contribution >= 0.6 is 11.6 Å². The topological polar surface area (TPSA) is 122 Å². The van der Waals surface area contributed by atoms with Gasteiger partial charge in [0.1, 0.15) is 6.54 Å². The first-order valence-electron chi connectivity index (χ1n) is 5.22. The van der Waals surface area contributed by atoms with Gasteiger partial charge in [0.2, 0.25) is 5.91 Å². The third-order valence-electron chi connectivity index (χ3n) is 2.11. The Balaban J connectivity index is 2.49. The molecule has 5 N–H and O–H groups in total. The lowest BCUT2D eigenvalue weighted by Crippen LogP contribution is -2.39. The standard InChI is InChI=1S/C11H12ClN3O4/c12-7-3-6(1-2-8(7)13)11(19)15-4-9(16)14-5-10(17)18/h1-3H,4-5,13H2,(H,14,16)(H,15,19)(H,17,18). The molecule has 102 valence electrons. The fourth-order valence-electron chi connectivity index (χ4n) is 1.17. The highest BCUT2D eigenvalue weighted by Gasteiger charge is 2.10. The van der Waals surface area contributed by atoms with Gasteiger partial charge >= 0.3 is 5.97 Å². The molecular formula is C11H12ClN3O4. The van der Waals surface area contributed by atoms with Crippen LogP contribution in [0.25, 0.3) is 0 Å². The van der Waals surface area contributed by atoms with Crippen molar-refractivity contribution in [3.8, 4) is 0 Å². The molecule has 1 aromatic rings. The van der Waals surface area contributed by atoms with Gasteiger partial charge in [-0.2, -0.15) is 0 Å². The Morgan fingerprint density at radius 1 is 1.21 bits per heavy atom. The van der Waals surface area contributed by atoms with E-state index in [-0.39, 0.29) is 17.1 Å². The number of carboxylic acids is 1. The molecule has 0 aliphatic carbocycles. The third kappa shape index (κ3) is 4.84. The lowest BCUT2D eigenvalue weighted by molar-refractivity contribution is -0.137. The summed E-state index contributed by atoms with van der Waals surface area (Å²) in [7, 11) is 0. The second-order valence-electron chi connectivity index (χ2n) is 3.59. The van der Waals surface area contributed by atoms with Crippen LogP contribution in [0.5, 0.6) is 0 Å². The summed E-state index contributed by atoms with van der Waals surface area (Å²) < 4.78 is 0. The first kappa shape index (κ1) is 14.8. The number of nitrogens with two attached hydrogens (primary N) is 1. The van der Waals surface area contributed by atoms with Gasteiger partial charge in [0, 0.05) is 5.56 Å². The van der Waals surface area contributed by atoms with E-state index < -0.39 is 24.3 Å². The van der Waals surface area contributed by atoms with Gasteiger partial charge in [0.15, 0.2) is 0 Å². The van der Waals surface area contributed by atoms with Crippen molar-refractivity contribution in [1.29, 1.82) is 0 Å². The van der Waals surface area contributed by atoms with Crippen LogP contribution in [0.1, 0.15) is 10.4 Å². The maximum absolute atomic E-state index is 11.6. The smallest absolute Gasteiger partial charge is 0.322 e. The molecular weight excluding hydrogens is 274 g/mol. The summed E-state index contributed by atoms with van der Waals surface area (Å²) in [5.41, 5.74) is 6.10. The van der Waals surface area contributed by atoms with Gasteiger partial charge in [0.25, 0.3) is 5.91 Å². The number of carbonyl (C=O) groups excluding carboxylic acids is 2. The summed E-state index contributed by atoms with van der Waals surface area (Å²) in [5, 5.41) is 13.0. The molecule has 1 rings (SSSR count). The van der Waals surface area contributed by atoms with Crippen molar-refractivity contribution in [1.82, 2.24) is 10.6 Å². The van der Waals surface area contributed by atoms with Crippen LogP contribution in [0.4, 0.5) is 5.69 Å². The highest BCUT2D eigenvalue weighted by Crippen LogP contribution is 2.19. The second-order valence-corrected chi connectivity index (χ2v) is 4.00. The average Bonchev–Trinajstić information content (AvgIpc) is 2.36. The molecule has 0 atom stereocenters. The Kier molecular flexibility index (Phi) is 5.13. The zero-order valence-corrected chi connectivity index (χ0v) is 10.5. The third-order valence-corrected chi connectivity index (χ3v) is 2.44. The van der Waals surface area contributed by atoms with Crippen molar-refractivity contribution in [3.05, 3.63) is 28.8 Å². The first-order chi connectivity index (χ1) is 8.90. The first-order valence-corrected chi connectivity index (χ1v) is 5.59. The second kappa shape index (κ2) is 6.60. The lowest BCUT2D eigenvalue weighted by atomic mass is 10.2. The number of aliphatic carboxylic acids is 1. The summed E-state index contributed by atoms with van der Waals surface area (Å²) >= 11 is 5.76. The van der Waals surface area contributed by atoms with Crippen LogP contribution in [0.3, 0.4) is 0 Å². The number of carbonyl (C=O) groups is 3. The van der Waals surface area contributed by atoms with Gasteiger partial charge in [-0.15, -0.1) is 0 Å². The zero-order valence-electron chi connectivity index (χ0n) is 9.77. The highest BCUT2D eigenvalue weighted by atomic mass is 35.5. The maximum atomic E-state index is 11.6. The number of hydrogen-bond acceptors (Lipinski definition) is 4. The minimum absolute atomic E-state index is 0.239. The number of benzene rings is 1. The summed E-state index contributed by atoms with van der Waals surface area (Å²) in [5.74, 6) is -2.27. The number of nitrogens with one attached hydrogen (secondary N) is 2. The Hall–Kier alpha value is -2.28. The molecule has 0 fully saturated rings. The van der Waals surface area contributed by atoms with Gasteiger partial charge in [-0.1, -0.05) is 11.6 Å². The maximum Gasteiger partial charge on any atom is 0.322 e. The van der Waals surface area contributed by atoms with E-state index in [1.807, 2.05) is 0 Å². The fraction of sp³-hybridized carbons (Fsp3) is 0.182. The number of amides is 2. The van der Waals surface area contributed by atoms with Gasteiger partial charge in [-0.05, 0) is 18.2 Å². The van der Waals surface area contributed by atoms with E-state index in [1.165, 1.54) is 18.2 Å². The van der Waals surface area contributed by atoms with Crippen molar-refractivity contribution in [3.63, 3.8) is 0 Å². The van der Waals surface area contributed by atoms with Crippen molar-refractivity contribution in [2.75, 3.05) is 18.8 Å². The Morgan fingerprint density at radius 3 is 2.47 bits per heavy atom. The molecule has 2 amide bonds. The monoisotopic (exact) mass is 285 g/mol. The lowest BCUT2D eigenvalue weighted by Gasteiger charge is -2.06. The van der Waals surface area contributed by atoms with E-state index in [0.717, 1.165) is 0 Å². The molecule has 0 bridgehead atoms. The van der Waals surface area contributed by atoms with Crippen LogP contribution in [0.2, 0.25) is 5.02 Å². The number of hydrogen-bond donors (Lipinski definition) is 4. The summed E-state index contributed by atoms with van der Waals surface area (Å²) in [6.07, 6.45) is 0. The molecule has 0 heterocycles. The van der Waals surface area contributed by atoms with Crippen molar-refractivity contribution in [2.45, 2.75) is 0 Å². The van der Waals surface area contributed by atoms with Crippen molar-refractivity contribution < 1.29 is 19.5 Å². The highest BCUT2D eigenvalue weighted by molar-refractivity contribution is 6.33. The number of nitrogen functional groups attached to an aromatic ring is 1. The van der Waals surface area contributed by atoms with Crippen LogP contribution in [0, 0.1) is 0 Å². The molecule has 19 heavy (non-hydrogen) atoms. The van der Waals surface area contributed by atoms with E-state index in [2.05, 4.69) is 10.6 Å². The fourth-order valence-corrected chi connectivity index (χ4v) is 1.35.